The molecule has 1 atom stereocenters. The average molecular weight is 196 g/mol. The number of nitrogens with one attached hydrogen (secondary N) is 2. The maximum atomic E-state index is 5.29. The van der Waals surface area contributed by atoms with Gasteiger partial charge >= 0.3 is 0 Å². The molecule has 78 valence electrons. The minimum Gasteiger partial charge on any atom is -0.381 e. The first-order chi connectivity index (χ1) is 6.75. The van der Waals surface area contributed by atoms with Crippen molar-refractivity contribution in [1.29, 1.82) is 0 Å². The summed E-state index contributed by atoms with van der Waals surface area (Å²) in [5.41, 5.74) is 0. The van der Waals surface area contributed by atoms with Gasteiger partial charge in [-0.25, -0.2) is 0 Å². The number of ether oxygens (including phenoxy) is 1. The van der Waals surface area contributed by atoms with Gasteiger partial charge in [-0.2, -0.15) is 4.98 Å². The van der Waals surface area contributed by atoms with Crippen LogP contribution in [0.15, 0.2) is 0 Å². The fourth-order valence-electron chi connectivity index (χ4n) is 1.53. The summed E-state index contributed by atoms with van der Waals surface area (Å²) in [6, 6.07) is 0.360. The van der Waals surface area contributed by atoms with Gasteiger partial charge in [0.25, 0.3) is 0 Å². The minimum absolute atomic E-state index is 0.360. The van der Waals surface area contributed by atoms with Crippen LogP contribution >= 0.6 is 0 Å². The Morgan fingerprint density at radius 1 is 1.57 bits per heavy atom. The Labute approximate surface area is 83.3 Å². The van der Waals surface area contributed by atoms with Gasteiger partial charge in [-0.1, -0.05) is 0 Å². The fraction of sp³-hybridized carbons (Fsp3) is 0.778. The predicted octanol–water partition coefficient (Wildman–Crippen LogP) is 1.13. The van der Waals surface area contributed by atoms with Crippen LogP contribution in [0.4, 0.5) is 5.95 Å². The lowest BCUT2D eigenvalue weighted by atomic mass is 10.1. The van der Waals surface area contributed by atoms with Gasteiger partial charge in [0.2, 0.25) is 5.95 Å². The van der Waals surface area contributed by atoms with E-state index in [2.05, 4.69) is 34.3 Å². The molecule has 1 fully saturated rings. The number of hydrogen-bond acceptors (Lipinski definition) is 4. The highest BCUT2D eigenvalue weighted by Crippen LogP contribution is 2.22. The second kappa shape index (κ2) is 3.96. The molecule has 2 heterocycles. The first-order valence-electron chi connectivity index (χ1n) is 5.02. The topological polar surface area (TPSA) is 62.8 Å². The van der Waals surface area contributed by atoms with Crippen LogP contribution < -0.4 is 5.32 Å². The lowest BCUT2D eigenvalue weighted by molar-refractivity contribution is 0.193. The SMILES string of the molecule is CC(C)Nc1n[nH]c(C2CCOC2)n1. The van der Waals surface area contributed by atoms with E-state index in [0.29, 0.717) is 17.9 Å². The Balaban J connectivity index is 2.01. The Morgan fingerprint density at radius 2 is 2.43 bits per heavy atom. The van der Waals surface area contributed by atoms with E-state index in [9.17, 15) is 0 Å². The van der Waals surface area contributed by atoms with E-state index in [0.717, 1.165) is 25.5 Å². The highest BCUT2D eigenvalue weighted by molar-refractivity contribution is 5.24. The molecule has 0 aliphatic carbocycles. The molecule has 0 amide bonds. The number of aromatic amines is 1. The third kappa shape index (κ3) is 2.04. The second-order valence-corrected chi connectivity index (χ2v) is 3.90. The Hall–Kier alpha value is -1.10. The van der Waals surface area contributed by atoms with Crippen LogP contribution in [0.1, 0.15) is 32.0 Å². The molecule has 0 radical (unpaired) electrons. The Morgan fingerprint density at radius 3 is 3.07 bits per heavy atom. The van der Waals surface area contributed by atoms with E-state index in [1.54, 1.807) is 0 Å². The number of aromatic nitrogens is 3. The van der Waals surface area contributed by atoms with Crippen LogP contribution in [0.2, 0.25) is 0 Å². The lowest BCUT2D eigenvalue weighted by Gasteiger charge is -2.03. The van der Waals surface area contributed by atoms with Crippen LogP contribution in [0.5, 0.6) is 0 Å². The van der Waals surface area contributed by atoms with E-state index >= 15 is 0 Å². The molecule has 0 aromatic carbocycles. The third-order valence-corrected chi connectivity index (χ3v) is 2.24. The lowest BCUT2D eigenvalue weighted by Crippen LogP contribution is -2.11. The van der Waals surface area contributed by atoms with E-state index < -0.39 is 0 Å². The quantitative estimate of drug-likeness (QED) is 0.760. The molecule has 1 aliphatic rings. The molecule has 1 aromatic rings. The molecule has 0 spiro atoms. The fourth-order valence-corrected chi connectivity index (χ4v) is 1.53. The number of H-pyrrole nitrogens is 1. The molecule has 5 nitrogen and oxygen atoms in total. The molecule has 1 aromatic heterocycles. The molecule has 1 saturated heterocycles. The van der Waals surface area contributed by atoms with Gasteiger partial charge in [0.05, 0.1) is 6.61 Å². The monoisotopic (exact) mass is 196 g/mol. The zero-order chi connectivity index (χ0) is 9.97. The molecule has 0 saturated carbocycles. The summed E-state index contributed by atoms with van der Waals surface area (Å²) in [7, 11) is 0. The van der Waals surface area contributed by atoms with Gasteiger partial charge in [0, 0.05) is 18.6 Å². The van der Waals surface area contributed by atoms with E-state index in [-0.39, 0.29) is 0 Å². The van der Waals surface area contributed by atoms with Gasteiger partial charge in [0.15, 0.2) is 0 Å². The van der Waals surface area contributed by atoms with Crippen molar-refractivity contribution < 1.29 is 4.74 Å². The summed E-state index contributed by atoms with van der Waals surface area (Å²) in [5, 5.41) is 10.2. The van der Waals surface area contributed by atoms with Crippen LogP contribution in [0.25, 0.3) is 0 Å². The second-order valence-electron chi connectivity index (χ2n) is 3.90. The van der Waals surface area contributed by atoms with E-state index in [4.69, 9.17) is 4.74 Å². The molecular weight excluding hydrogens is 180 g/mol. The molecule has 1 unspecified atom stereocenters. The Kier molecular flexibility index (Phi) is 2.67. The van der Waals surface area contributed by atoms with Crippen molar-refractivity contribution in [1.82, 2.24) is 15.2 Å². The summed E-state index contributed by atoms with van der Waals surface area (Å²) in [6.45, 7) is 5.72. The van der Waals surface area contributed by atoms with Crippen LogP contribution in [-0.2, 0) is 4.74 Å². The number of hydrogen-bond donors (Lipinski definition) is 2. The smallest absolute Gasteiger partial charge is 0.242 e. The first kappa shape index (κ1) is 9.45. The van der Waals surface area contributed by atoms with Crippen molar-refractivity contribution in [2.75, 3.05) is 18.5 Å². The maximum Gasteiger partial charge on any atom is 0.242 e. The van der Waals surface area contributed by atoms with Gasteiger partial charge in [-0.15, -0.1) is 5.10 Å². The van der Waals surface area contributed by atoms with Crippen molar-refractivity contribution >= 4 is 5.95 Å². The van der Waals surface area contributed by atoms with Crippen LogP contribution in [0, 0.1) is 0 Å². The van der Waals surface area contributed by atoms with Crippen molar-refractivity contribution in [2.45, 2.75) is 32.2 Å². The van der Waals surface area contributed by atoms with Crippen LogP contribution in [0.3, 0.4) is 0 Å². The summed E-state index contributed by atoms with van der Waals surface area (Å²) in [6.07, 6.45) is 1.04. The summed E-state index contributed by atoms with van der Waals surface area (Å²) >= 11 is 0. The van der Waals surface area contributed by atoms with E-state index in [1.807, 2.05) is 0 Å². The zero-order valence-electron chi connectivity index (χ0n) is 8.58. The molecule has 0 bridgehead atoms. The van der Waals surface area contributed by atoms with Gasteiger partial charge in [-0.3, -0.25) is 5.10 Å². The highest BCUT2D eigenvalue weighted by atomic mass is 16.5. The summed E-state index contributed by atoms with van der Waals surface area (Å²) in [5.74, 6) is 2.01. The first-order valence-corrected chi connectivity index (χ1v) is 5.02. The van der Waals surface area contributed by atoms with Crippen LogP contribution in [-0.4, -0.2) is 34.4 Å². The molecule has 2 rings (SSSR count). The largest absolute Gasteiger partial charge is 0.381 e. The molecule has 5 heteroatoms. The van der Waals surface area contributed by atoms with Gasteiger partial charge in [0.1, 0.15) is 5.82 Å². The number of anilines is 1. The Bertz CT molecular complexity index is 291. The normalized spacial score (nSPS) is 21.8. The minimum atomic E-state index is 0.360. The van der Waals surface area contributed by atoms with Crippen molar-refractivity contribution in [3.8, 4) is 0 Å². The number of rotatable bonds is 3. The summed E-state index contributed by atoms with van der Waals surface area (Å²) in [4.78, 5) is 4.37. The standard InChI is InChI=1S/C9H16N4O/c1-6(2)10-9-11-8(12-13-9)7-3-4-14-5-7/h6-7H,3-5H2,1-2H3,(H2,10,11,12,13). The molecule has 2 N–H and O–H groups in total. The zero-order valence-corrected chi connectivity index (χ0v) is 8.58. The third-order valence-electron chi connectivity index (χ3n) is 2.24. The van der Waals surface area contributed by atoms with E-state index in [1.165, 1.54) is 0 Å². The number of nitrogens with zero attached hydrogens (tertiary/aromatic N) is 2. The average Bonchev–Trinajstić information content (AvgIpc) is 2.69. The van der Waals surface area contributed by atoms with Gasteiger partial charge < -0.3 is 10.1 Å². The van der Waals surface area contributed by atoms with Crippen molar-refractivity contribution in [3.63, 3.8) is 0 Å². The van der Waals surface area contributed by atoms with Crippen molar-refractivity contribution in [2.24, 2.45) is 0 Å². The predicted molar refractivity (Wildman–Crippen MR) is 53.3 cm³/mol. The van der Waals surface area contributed by atoms with Gasteiger partial charge in [-0.05, 0) is 20.3 Å². The summed E-state index contributed by atoms with van der Waals surface area (Å²) < 4.78 is 5.29. The molecular formula is C9H16N4O. The molecule has 1 aliphatic heterocycles. The molecule has 14 heavy (non-hydrogen) atoms. The van der Waals surface area contributed by atoms with Crippen molar-refractivity contribution in [3.05, 3.63) is 5.82 Å². The highest BCUT2D eigenvalue weighted by Gasteiger charge is 2.21. The maximum absolute atomic E-state index is 5.29.